The Hall–Kier alpha value is -0.0600. The summed E-state index contributed by atoms with van der Waals surface area (Å²) in [6.07, 6.45) is 4.81. The van der Waals surface area contributed by atoms with Gasteiger partial charge >= 0.3 is 0 Å². The summed E-state index contributed by atoms with van der Waals surface area (Å²) in [4.78, 5) is 0. The van der Waals surface area contributed by atoms with Gasteiger partial charge in [-0.25, -0.2) is 4.39 Å². The lowest BCUT2D eigenvalue weighted by atomic mass is 9.98. The first-order valence-electron chi connectivity index (χ1n) is 7.02. The quantitative estimate of drug-likeness (QED) is 0.813. The van der Waals surface area contributed by atoms with Gasteiger partial charge in [-0.2, -0.15) is 11.8 Å². The van der Waals surface area contributed by atoms with Gasteiger partial charge in [0.25, 0.3) is 0 Å². The number of rotatable bonds is 5. The molecule has 1 aliphatic heterocycles. The van der Waals surface area contributed by atoms with Gasteiger partial charge < -0.3 is 5.32 Å². The molecule has 106 valence electrons. The predicted molar refractivity (Wildman–Crippen MR) is 85.2 cm³/mol. The van der Waals surface area contributed by atoms with Crippen LogP contribution in [0.3, 0.4) is 0 Å². The van der Waals surface area contributed by atoms with Crippen LogP contribution in [0.4, 0.5) is 4.39 Å². The summed E-state index contributed by atoms with van der Waals surface area (Å²) >= 11 is 5.44. The van der Waals surface area contributed by atoms with Crippen molar-refractivity contribution >= 4 is 27.7 Å². The zero-order valence-corrected chi connectivity index (χ0v) is 13.7. The van der Waals surface area contributed by atoms with Crippen molar-refractivity contribution in [1.29, 1.82) is 0 Å². The van der Waals surface area contributed by atoms with E-state index >= 15 is 0 Å². The third-order valence-electron chi connectivity index (χ3n) is 3.49. The lowest BCUT2D eigenvalue weighted by Gasteiger charge is -2.31. The van der Waals surface area contributed by atoms with E-state index in [-0.39, 0.29) is 11.9 Å². The standard InChI is InChI=1S/C15H21BrFNS/c1-2-8-18-15(14-5-3-4-9-19-14)12-10-11(16)6-7-13(12)17/h6-7,10,14-15,18H,2-5,8-9H2,1H3. The average Bonchev–Trinajstić information content (AvgIpc) is 2.44. The molecule has 1 nitrogen and oxygen atoms in total. The summed E-state index contributed by atoms with van der Waals surface area (Å²) in [7, 11) is 0. The number of thioether (sulfide) groups is 1. The van der Waals surface area contributed by atoms with Crippen LogP contribution in [-0.4, -0.2) is 17.5 Å². The monoisotopic (exact) mass is 345 g/mol. The summed E-state index contributed by atoms with van der Waals surface area (Å²) < 4.78 is 15.1. The molecule has 19 heavy (non-hydrogen) atoms. The second-order valence-corrected chi connectivity index (χ2v) is 7.27. The minimum atomic E-state index is -0.0945. The molecule has 0 saturated carbocycles. The maximum absolute atomic E-state index is 14.1. The minimum absolute atomic E-state index is 0.0945. The fourth-order valence-corrected chi connectivity index (χ4v) is 4.34. The van der Waals surface area contributed by atoms with E-state index in [9.17, 15) is 4.39 Å². The van der Waals surface area contributed by atoms with Crippen molar-refractivity contribution in [2.24, 2.45) is 0 Å². The van der Waals surface area contributed by atoms with E-state index in [4.69, 9.17) is 0 Å². The van der Waals surface area contributed by atoms with Crippen LogP contribution >= 0.6 is 27.7 Å². The fourth-order valence-electron chi connectivity index (χ4n) is 2.52. The van der Waals surface area contributed by atoms with Crippen LogP contribution < -0.4 is 5.32 Å². The molecule has 2 unspecified atom stereocenters. The Labute approximate surface area is 127 Å². The maximum Gasteiger partial charge on any atom is 0.128 e. The molecule has 1 N–H and O–H groups in total. The van der Waals surface area contributed by atoms with Crippen LogP contribution in [0, 0.1) is 5.82 Å². The van der Waals surface area contributed by atoms with Crippen molar-refractivity contribution in [3.8, 4) is 0 Å². The van der Waals surface area contributed by atoms with E-state index < -0.39 is 0 Å². The van der Waals surface area contributed by atoms with Gasteiger partial charge in [0.15, 0.2) is 0 Å². The molecule has 2 rings (SSSR count). The Kier molecular flexibility index (Phi) is 6.17. The molecular weight excluding hydrogens is 325 g/mol. The molecule has 1 fully saturated rings. The number of halogens is 2. The second kappa shape index (κ2) is 7.65. The van der Waals surface area contributed by atoms with E-state index in [0.29, 0.717) is 5.25 Å². The molecule has 0 bridgehead atoms. The first-order valence-corrected chi connectivity index (χ1v) is 8.86. The number of nitrogens with one attached hydrogen (secondary N) is 1. The van der Waals surface area contributed by atoms with Gasteiger partial charge in [0.2, 0.25) is 0 Å². The summed E-state index contributed by atoms with van der Waals surface area (Å²) in [6, 6.07) is 5.39. The Morgan fingerprint density at radius 1 is 1.47 bits per heavy atom. The highest BCUT2D eigenvalue weighted by atomic mass is 79.9. The Morgan fingerprint density at radius 2 is 2.32 bits per heavy atom. The second-order valence-electron chi connectivity index (χ2n) is 5.00. The van der Waals surface area contributed by atoms with Crippen LogP contribution in [0.1, 0.15) is 44.2 Å². The van der Waals surface area contributed by atoms with Crippen molar-refractivity contribution in [2.75, 3.05) is 12.3 Å². The van der Waals surface area contributed by atoms with Crippen molar-refractivity contribution < 1.29 is 4.39 Å². The fraction of sp³-hybridized carbons (Fsp3) is 0.600. The molecule has 0 aromatic heterocycles. The van der Waals surface area contributed by atoms with E-state index in [1.165, 1.54) is 25.0 Å². The zero-order chi connectivity index (χ0) is 13.7. The van der Waals surface area contributed by atoms with Crippen molar-refractivity contribution in [2.45, 2.75) is 43.9 Å². The van der Waals surface area contributed by atoms with E-state index in [0.717, 1.165) is 23.0 Å². The number of hydrogen-bond donors (Lipinski definition) is 1. The van der Waals surface area contributed by atoms with Crippen molar-refractivity contribution in [1.82, 2.24) is 5.32 Å². The molecule has 0 radical (unpaired) electrons. The predicted octanol–water partition coefficient (Wildman–Crippen LogP) is 4.91. The van der Waals surface area contributed by atoms with Crippen LogP contribution in [0.15, 0.2) is 22.7 Å². The summed E-state index contributed by atoms with van der Waals surface area (Å²) in [5, 5.41) is 4.03. The average molecular weight is 346 g/mol. The Balaban J connectivity index is 2.22. The molecular formula is C15H21BrFNS. The van der Waals surface area contributed by atoms with Gasteiger partial charge in [0.1, 0.15) is 5.82 Å². The molecule has 1 heterocycles. The molecule has 2 atom stereocenters. The van der Waals surface area contributed by atoms with Gasteiger partial charge in [-0.1, -0.05) is 29.3 Å². The smallest absolute Gasteiger partial charge is 0.128 e. The molecule has 0 spiro atoms. The maximum atomic E-state index is 14.1. The van der Waals surface area contributed by atoms with Crippen molar-refractivity contribution in [3.05, 3.63) is 34.1 Å². The van der Waals surface area contributed by atoms with E-state index in [1.807, 2.05) is 17.8 Å². The Bertz CT molecular complexity index is 407. The number of benzene rings is 1. The van der Waals surface area contributed by atoms with Gasteiger partial charge in [-0.05, 0) is 49.8 Å². The lowest BCUT2D eigenvalue weighted by Crippen LogP contribution is -2.33. The van der Waals surface area contributed by atoms with Gasteiger partial charge in [0, 0.05) is 21.3 Å². The van der Waals surface area contributed by atoms with Crippen molar-refractivity contribution in [3.63, 3.8) is 0 Å². The topological polar surface area (TPSA) is 12.0 Å². The highest BCUT2D eigenvalue weighted by Gasteiger charge is 2.27. The summed E-state index contributed by atoms with van der Waals surface area (Å²) in [5.41, 5.74) is 0.808. The Morgan fingerprint density at radius 3 is 3.00 bits per heavy atom. The van der Waals surface area contributed by atoms with Gasteiger partial charge in [-0.15, -0.1) is 0 Å². The van der Waals surface area contributed by atoms with Crippen LogP contribution in [0.5, 0.6) is 0 Å². The normalized spacial score (nSPS) is 21.3. The largest absolute Gasteiger partial charge is 0.309 e. The first-order chi connectivity index (χ1) is 9.22. The van der Waals surface area contributed by atoms with Crippen LogP contribution in [-0.2, 0) is 0 Å². The van der Waals surface area contributed by atoms with Crippen LogP contribution in [0.2, 0.25) is 0 Å². The third kappa shape index (κ3) is 4.20. The molecule has 4 heteroatoms. The third-order valence-corrected chi connectivity index (χ3v) is 5.45. The van der Waals surface area contributed by atoms with Crippen LogP contribution in [0.25, 0.3) is 0 Å². The summed E-state index contributed by atoms with van der Waals surface area (Å²) in [6.45, 7) is 3.09. The first kappa shape index (κ1) is 15.3. The molecule has 1 aliphatic rings. The van der Waals surface area contributed by atoms with Gasteiger partial charge in [0.05, 0.1) is 0 Å². The molecule has 1 aromatic rings. The number of hydrogen-bond acceptors (Lipinski definition) is 2. The van der Waals surface area contributed by atoms with Gasteiger partial charge in [-0.3, -0.25) is 0 Å². The molecule has 1 saturated heterocycles. The highest BCUT2D eigenvalue weighted by molar-refractivity contribution is 9.10. The minimum Gasteiger partial charge on any atom is -0.309 e. The van der Waals surface area contributed by atoms with E-state index in [2.05, 4.69) is 28.2 Å². The highest BCUT2D eigenvalue weighted by Crippen LogP contribution is 2.36. The lowest BCUT2D eigenvalue weighted by molar-refractivity contribution is 0.459. The molecule has 0 aliphatic carbocycles. The molecule has 0 amide bonds. The zero-order valence-electron chi connectivity index (χ0n) is 11.3. The molecule has 1 aromatic carbocycles. The SMILES string of the molecule is CCCNC(c1cc(Br)ccc1F)C1CCCCS1. The van der Waals surface area contributed by atoms with E-state index in [1.54, 1.807) is 12.1 Å². The summed E-state index contributed by atoms with van der Waals surface area (Å²) in [5.74, 6) is 1.10.